The SMILES string of the molecule is COC(=O)CC1(C(=O)OC)Nc2ccc(Cl)cc2C(=O)N1NC(=O)c1ccccc1. The third kappa shape index (κ3) is 3.79. The number of methoxy groups -OCH3 is 2. The zero-order valence-corrected chi connectivity index (χ0v) is 16.9. The van der Waals surface area contributed by atoms with Crippen LogP contribution in [-0.2, 0) is 19.1 Å². The van der Waals surface area contributed by atoms with Crippen LogP contribution < -0.4 is 10.7 Å². The first-order chi connectivity index (χ1) is 14.3. The van der Waals surface area contributed by atoms with E-state index in [1.54, 1.807) is 18.2 Å². The molecule has 1 heterocycles. The number of halogens is 1. The summed E-state index contributed by atoms with van der Waals surface area (Å²) >= 11 is 6.01. The first-order valence-corrected chi connectivity index (χ1v) is 9.13. The van der Waals surface area contributed by atoms with Crippen LogP contribution in [0.4, 0.5) is 5.69 Å². The Morgan fingerprint density at radius 3 is 2.43 bits per heavy atom. The fourth-order valence-electron chi connectivity index (χ4n) is 3.06. The highest BCUT2D eigenvalue weighted by Gasteiger charge is 2.54. The van der Waals surface area contributed by atoms with Gasteiger partial charge in [0.05, 0.1) is 19.8 Å². The van der Waals surface area contributed by atoms with Crippen molar-refractivity contribution in [2.45, 2.75) is 12.1 Å². The minimum atomic E-state index is -2.08. The van der Waals surface area contributed by atoms with Gasteiger partial charge >= 0.3 is 11.9 Å². The molecule has 9 nitrogen and oxygen atoms in total. The van der Waals surface area contributed by atoms with E-state index in [2.05, 4.69) is 10.7 Å². The number of anilines is 1. The molecule has 2 amide bonds. The molecule has 0 saturated carbocycles. The summed E-state index contributed by atoms with van der Waals surface area (Å²) in [6.45, 7) is 0. The van der Waals surface area contributed by atoms with E-state index in [1.165, 1.54) is 30.3 Å². The number of fused-ring (bicyclic) bond motifs is 1. The number of benzene rings is 2. The Labute approximate surface area is 176 Å². The lowest BCUT2D eigenvalue weighted by atomic mass is 9.97. The lowest BCUT2D eigenvalue weighted by Gasteiger charge is -2.44. The lowest BCUT2D eigenvalue weighted by molar-refractivity contribution is -0.160. The van der Waals surface area contributed by atoms with E-state index in [1.807, 2.05) is 0 Å². The molecule has 1 atom stereocenters. The van der Waals surface area contributed by atoms with Crippen molar-refractivity contribution < 1.29 is 28.7 Å². The summed E-state index contributed by atoms with van der Waals surface area (Å²) in [4.78, 5) is 51.0. The van der Waals surface area contributed by atoms with Gasteiger partial charge in [-0.05, 0) is 30.3 Å². The van der Waals surface area contributed by atoms with Crippen LogP contribution in [0.15, 0.2) is 48.5 Å². The van der Waals surface area contributed by atoms with E-state index in [-0.39, 0.29) is 21.8 Å². The van der Waals surface area contributed by atoms with Crippen molar-refractivity contribution in [3.8, 4) is 0 Å². The number of rotatable bonds is 5. The van der Waals surface area contributed by atoms with E-state index in [9.17, 15) is 19.2 Å². The molecular formula is C20H18ClN3O6. The van der Waals surface area contributed by atoms with Crippen LogP contribution in [0.3, 0.4) is 0 Å². The highest BCUT2D eigenvalue weighted by molar-refractivity contribution is 6.31. The number of nitrogens with zero attached hydrogens (tertiary/aromatic N) is 1. The number of ether oxygens (including phenoxy) is 2. The van der Waals surface area contributed by atoms with Crippen LogP contribution in [0.25, 0.3) is 0 Å². The van der Waals surface area contributed by atoms with Crippen LogP contribution in [0.2, 0.25) is 5.02 Å². The molecule has 1 aliphatic heterocycles. The zero-order valence-electron chi connectivity index (χ0n) is 16.1. The van der Waals surface area contributed by atoms with Crippen molar-refractivity contribution in [2.75, 3.05) is 19.5 Å². The zero-order chi connectivity index (χ0) is 21.9. The number of carbonyl (C=O) groups is 4. The standard InChI is InChI=1S/C20H18ClN3O6/c1-29-16(25)11-20(19(28)30-2)22-15-9-8-13(21)10-14(15)18(27)24(20)23-17(26)12-6-4-3-5-7-12/h3-10,22H,11H2,1-2H3,(H,23,26). The van der Waals surface area contributed by atoms with Crippen LogP contribution in [0, 0.1) is 0 Å². The summed E-state index contributed by atoms with van der Waals surface area (Å²) in [5, 5.41) is 3.86. The normalized spacial score (nSPS) is 17.4. The van der Waals surface area contributed by atoms with Gasteiger partial charge in [-0.2, -0.15) is 0 Å². The maximum Gasteiger partial charge on any atom is 0.355 e. The van der Waals surface area contributed by atoms with Gasteiger partial charge in [0.25, 0.3) is 11.8 Å². The Bertz CT molecular complexity index is 1010. The fourth-order valence-corrected chi connectivity index (χ4v) is 3.24. The van der Waals surface area contributed by atoms with Gasteiger partial charge in [-0.25, -0.2) is 9.80 Å². The third-order valence-corrected chi connectivity index (χ3v) is 4.77. The van der Waals surface area contributed by atoms with Gasteiger partial charge < -0.3 is 14.8 Å². The van der Waals surface area contributed by atoms with Crippen LogP contribution in [-0.4, -0.2) is 48.6 Å². The van der Waals surface area contributed by atoms with Crippen molar-refractivity contribution >= 4 is 41.0 Å². The van der Waals surface area contributed by atoms with Gasteiger partial charge in [0.15, 0.2) is 0 Å². The summed E-state index contributed by atoms with van der Waals surface area (Å²) < 4.78 is 9.56. The van der Waals surface area contributed by atoms with E-state index < -0.39 is 35.8 Å². The molecule has 2 N–H and O–H groups in total. The molecule has 30 heavy (non-hydrogen) atoms. The summed E-state index contributed by atoms with van der Waals surface area (Å²) in [6, 6.07) is 12.4. The van der Waals surface area contributed by atoms with E-state index in [0.29, 0.717) is 0 Å². The average molecular weight is 432 g/mol. The second-order valence-corrected chi connectivity index (χ2v) is 6.80. The van der Waals surface area contributed by atoms with Crippen molar-refractivity contribution in [3.63, 3.8) is 0 Å². The predicted molar refractivity (Wildman–Crippen MR) is 107 cm³/mol. The molecule has 2 aromatic rings. The van der Waals surface area contributed by atoms with Crippen LogP contribution >= 0.6 is 11.6 Å². The Balaban J connectivity index is 2.13. The lowest BCUT2D eigenvalue weighted by Crippen LogP contribution is -2.70. The number of hydrogen-bond donors (Lipinski definition) is 2. The van der Waals surface area contributed by atoms with Gasteiger partial charge in [0.2, 0.25) is 5.66 Å². The predicted octanol–water partition coefficient (Wildman–Crippen LogP) is 1.99. The first-order valence-electron chi connectivity index (χ1n) is 8.76. The van der Waals surface area contributed by atoms with Gasteiger partial charge in [0.1, 0.15) is 6.42 Å². The topological polar surface area (TPSA) is 114 Å². The van der Waals surface area contributed by atoms with Crippen molar-refractivity contribution in [1.82, 2.24) is 10.4 Å². The fraction of sp³-hybridized carbons (Fsp3) is 0.200. The molecule has 0 aliphatic carbocycles. The summed E-state index contributed by atoms with van der Waals surface area (Å²) in [5.41, 5.74) is 0.905. The van der Waals surface area contributed by atoms with E-state index >= 15 is 0 Å². The second-order valence-electron chi connectivity index (χ2n) is 6.37. The molecule has 2 aromatic carbocycles. The maximum atomic E-state index is 13.3. The quantitative estimate of drug-likeness (QED) is 0.696. The van der Waals surface area contributed by atoms with Crippen molar-refractivity contribution in [1.29, 1.82) is 0 Å². The summed E-state index contributed by atoms with van der Waals surface area (Å²) in [6.07, 6.45) is -0.626. The number of nitrogens with one attached hydrogen (secondary N) is 2. The smallest absolute Gasteiger partial charge is 0.355 e. The van der Waals surface area contributed by atoms with Gasteiger partial charge in [-0.1, -0.05) is 29.8 Å². The maximum absolute atomic E-state index is 13.3. The van der Waals surface area contributed by atoms with Gasteiger partial charge in [0, 0.05) is 16.3 Å². The molecular weight excluding hydrogens is 414 g/mol. The molecule has 1 unspecified atom stereocenters. The molecule has 0 radical (unpaired) electrons. The monoisotopic (exact) mass is 431 g/mol. The Hall–Kier alpha value is -3.59. The van der Waals surface area contributed by atoms with E-state index in [4.69, 9.17) is 21.1 Å². The molecule has 0 saturated heterocycles. The van der Waals surface area contributed by atoms with Gasteiger partial charge in [-0.15, -0.1) is 0 Å². The number of esters is 2. The highest BCUT2D eigenvalue weighted by Crippen LogP contribution is 2.35. The number of amides is 2. The van der Waals surface area contributed by atoms with Crippen LogP contribution in [0.5, 0.6) is 0 Å². The first kappa shape index (κ1) is 21.1. The molecule has 1 aliphatic rings. The number of hydrazine groups is 1. The van der Waals surface area contributed by atoms with Crippen molar-refractivity contribution in [3.05, 3.63) is 64.7 Å². The average Bonchev–Trinajstić information content (AvgIpc) is 2.76. The Morgan fingerprint density at radius 1 is 1.10 bits per heavy atom. The van der Waals surface area contributed by atoms with Gasteiger partial charge in [-0.3, -0.25) is 19.8 Å². The Morgan fingerprint density at radius 2 is 1.80 bits per heavy atom. The molecule has 10 heteroatoms. The number of hydrogen-bond acceptors (Lipinski definition) is 7. The number of carbonyl (C=O) groups excluding carboxylic acids is 4. The second kappa shape index (κ2) is 8.42. The molecule has 0 spiro atoms. The van der Waals surface area contributed by atoms with Crippen molar-refractivity contribution in [2.24, 2.45) is 0 Å². The third-order valence-electron chi connectivity index (χ3n) is 4.54. The molecule has 156 valence electrons. The molecule has 0 fully saturated rings. The minimum Gasteiger partial charge on any atom is -0.469 e. The summed E-state index contributed by atoms with van der Waals surface area (Å²) in [5.74, 6) is -3.22. The van der Waals surface area contributed by atoms with Crippen LogP contribution in [0.1, 0.15) is 27.1 Å². The molecule has 0 bridgehead atoms. The Kier molecular flexibility index (Phi) is 5.93. The largest absolute Gasteiger partial charge is 0.469 e. The highest BCUT2D eigenvalue weighted by atomic mass is 35.5. The minimum absolute atomic E-state index is 0.0975. The molecule has 3 rings (SSSR count). The molecule has 0 aromatic heterocycles. The van der Waals surface area contributed by atoms with E-state index in [0.717, 1.165) is 19.2 Å². The summed E-state index contributed by atoms with van der Waals surface area (Å²) in [7, 11) is 2.24.